The van der Waals surface area contributed by atoms with Gasteiger partial charge in [-0.15, -0.1) is 0 Å². The van der Waals surface area contributed by atoms with E-state index in [9.17, 15) is 0 Å². The average Bonchev–Trinajstić information content (AvgIpc) is 2.89. The third kappa shape index (κ3) is 2.10. The van der Waals surface area contributed by atoms with Crippen LogP contribution in [0.15, 0.2) is 56.4 Å². The summed E-state index contributed by atoms with van der Waals surface area (Å²) in [6.07, 6.45) is 14.1. The molecule has 0 nitrogen and oxygen atoms in total. The molecule has 0 radical (unpaired) electrons. The molecule has 0 unspecified atom stereocenters. The topological polar surface area (TPSA) is 0 Å². The fourth-order valence-corrected chi connectivity index (χ4v) is 7.70. The van der Waals surface area contributed by atoms with Gasteiger partial charge < -0.3 is 0 Å². The van der Waals surface area contributed by atoms with Crippen LogP contribution in [0, 0.1) is 0 Å². The SMILES string of the molecule is C=CC1=[C]([Ti]([Cl])([Cl])[C]2=CC=CC2)CC=C1. The molecular formula is C12H12Cl2Ti. The Hall–Kier alpha value is -0.00571. The molecule has 0 aliphatic heterocycles. The summed E-state index contributed by atoms with van der Waals surface area (Å²) < 4.78 is 2.46. The van der Waals surface area contributed by atoms with Crippen molar-refractivity contribution in [3.63, 3.8) is 0 Å². The van der Waals surface area contributed by atoms with Crippen LogP contribution in [0.1, 0.15) is 12.8 Å². The third-order valence-corrected chi connectivity index (χ3v) is 10.4. The Bertz CT molecular complexity index is 411. The maximum absolute atomic E-state index is 6.62. The van der Waals surface area contributed by atoms with E-state index in [1.54, 1.807) is 0 Å². The molecule has 0 aromatic carbocycles. The molecule has 0 atom stereocenters. The number of hydrogen-bond acceptors (Lipinski definition) is 0. The van der Waals surface area contributed by atoms with Gasteiger partial charge in [0.2, 0.25) is 0 Å². The van der Waals surface area contributed by atoms with E-state index in [0.717, 1.165) is 18.4 Å². The molecule has 0 aromatic rings. The van der Waals surface area contributed by atoms with Crippen LogP contribution in [0.25, 0.3) is 0 Å². The molecule has 2 rings (SSSR count). The van der Waals surface area contributed by atoms with Gasteiger partial charge in [0.1, 0.15) is 0 Å². The molecule has 0 fully saturated rings. The summed E-state index contributed by atoms with van der Waals surface area (Å²) in [4.78, 5) is 0. The molecule has 0 N–H and O–H groups in total. The first-order valence-corrected chi connectivity index (χ1v) is 10.8. The number of rotatable bonds is 3. The third-order valence-electron chi connectivity index (χ3n) is 2.74. The van der Waals surface area contributed by atoms with Crippen molar-refractivity contribution in [2.24, 2.45) is 0 Å². The molecule has 0 amide bonds. The first-order chi connectivity index (χ1) is 7.16. The molecule has 0 saturated heterocycles. The molecule has 0 spiro atoms. The van der Waals surface area contributed by atoms with Crippen molar-refractivity contribution in [2.75, 3.05) is 0 Å². The van der Waals surface area contributed by atoms with Crippen molar-refractivity contribution in [1.82, 2.24) is 0 Å². The van der Waals surface area contributed by atoms with E-state index in [4.69, 9.17) is 18.6 Å². The van der Waals surface area contributed by atoms with E-state index < -0.39 is 14.5 Å². The van der Waals surface area contributed by atoms with Gasteiger partial charge in [-0.3, -0.25) is 0 Å². The second-order valence-corrected chi connectivity index (χ2v) is 12.9. The van der Waals surface area contributed by atoms with E-state index in [0.29, 0.717) is 0 Å². The zero-order chi connectivity index (χ0) is 10.9. The summed E-state index contributed by atoms with van der Waals surface area (Å²) in [5.41, 5.74) is 1.13. The van der Waals surface area contributed by atoms with Crippen LogP contribution in [-0.4, -0.2) is 0 Å². The molecule has 2 aliphatic rings. The van der Waals surface area contributed by atoms with Crippen molar-refractivity contribution in [1.29, 1.82) is 0 Å². The summed E-state index contributed by atoms with van der Waals surface area (Å²) in [6, 6.07) is 0. The fraction of sp³-hybridized carbons (Fsp3) is 0.167. The van der Waals surface area contributed by atoms with Crippen LogP contribution < -0.4 is 0 Å². The summed E-state index contributed by atoms with van der Waals surface area (Å²) in [5.74, 6) is 0. The number of halogens is 2. The minimum atomic E-state index is -2.98. The molecule has 0 heterocycles. The van der Waals surface area contributed by atoms with Gasteiger partial charge in [0.25, 0.3) is 0 Å². The molecule has 2 aliphatic carbocycles. The molecule has 0 aromatic heterocycles. The van der Waals surface area contributed by atoms with Gasteiger partial charge in [-0.2, -0.15) is 0 Å². The van der Waals surface area contributed by atoms with Crippen molar-refractivity contribution < 1.29 is 14.5 Å². The Morgan fingerprint density at radius 2 is 2.07 bits per heavy atom. The van der Waals surface area contributed by atoms with Crippen molar-refractivity contribution in [3.8, 4) is 0 Å². The number of allylic oxidation sites excluding steroid dienone is 9. The summed E-state index contributed by atoms with van der Waals surface area (Å²) >= 11 is -2.98. The fourth-order valence-electron chi connectivity index (χ4n) is 1.90. The summed E-state index contributed by atoms with van der Waals surface area (Å²) in [6.45, 7) is 3.80. The first kappa shape index (κ1) is 11.5. The second-order valence-electron chi connectivity index (χ2n) is 3.64. The van der Waals surface area contributed by atoms with Gasteiger partial charge in [-0.1, -0.05) is 0 Å². The normalized spacial score (nSPS) is 20.0. The second kappa shape index (κ2) is 4.47. The maximum atomic E-state index is 6.62. The Morgan fingerprint density at radius 1 is 1.27 bits per heavy atom. The van der Waals surface area contributed by atoms with Crippen LogP contribution in [0.2, 0.25) is 0 Å². The quantitative estimate of drug-likeness (QED) is 0.655. The standard InChI is InChI=1S/C7H7.C5H5.2ClH.Ti/c1-2-7-5-3-4-6-7;1-2-4-5-3-1;;;/h2-3,5H,1,4H2;1-3H,4H2;2*1H;/q;;;;+2/p-2. The van der Waals surface area contributed by atoms with Crippen molar-refractivity contribution >= 4 is 18.6 Å². The van der Waals surface area contributed by atoms with E-state index in [1.807, 2.05) is 12.2 Å². The van der Waals surface area contributed by atoms with E-state index >= 15 is 0 Å². The van der Waals surface area contributed by atoms with Gasteiger partial charge in [-0.05, 0) is 0 Å². The molecule has 0 saturated carbocycles. The average molecular weight is 275 g/mol. The Kier molecular flexibility index (Phi) is 3.42. The molecule has 15 heavy (non-hydrogen) atoms. The van der Waals surface area contributed by atoms with Crippen LogP contribution in [0.4, 0.5) is 0 Å². The van der Waals surface area contributed by atoms with E-state index in [1.165, 1.54) is 7.76 Å². The van der Waals surface area contributed by atoms with Gasteiger partial charge in [0, 0.05) is 0 Å². The van der Waals surface area contributed by atoms with Gasteiger partial charge in [-0.25, -0.2) is 0 Å². The van der Waals surface area contributed by atoms with Crippen LogP contribution in [0.3, 0.4) is 0 Å². The Balaban J connectivity index is 2.34. The van der Waals surface area contributed by atoms with Crippen molar-refractivity contribution in [2.45, 2.75) is 12.8 Å². The van der Waals surface area contributed by atoms with Crippen LogP contribution in [0.5, 0.6) is 0 Å². The van der Waals surface area contributed by atoms with E-state index in [-0.39, 0.29) is 0 Å². The zero-order valence-corrected chi connectivity index (χ0v) is 11.4. The predicted molar refractivity (Wildman–Crippen MR) is 64.5 cm³/mol. The zero-order valence-electron chi connectivity index (χ0n) is 8.34. The Labute approximate surface area is 102 Å². The van der Waals surface area contributed by atoms with E-state index in [2.05, 4.69) is 30.9 Å². The molecule has 0 bridgehead atoms. The molecule has 78 valence electrons. The van der Waals surface area contributed by atoms with Gasteiger partial charge in [0.05, 0.1) is 0 Å². The van der Waals surface area contributed by atoms with Crippen LogP contribution in [-0.2, 0) is 14.5 Å². The minimum absolute atomic E-state index is 0.895. The van der Waals surface area contributed by atoms with Gasteiger partial charge in [0.15, 0.2) is 0 Å². The van der Waals surface area contributed by atoms with Crippen LogP contribution >= 0.6 is 18.6 Å². The number of hydrogen-bond donors (Lipinski definition) is 0. The van der Waals surface area contributed by atoms with Crippen molar-refractivity contribution in [3.05, 3.63) is 56.4 Å². The molecular weight excluding hydrogens is 263 g/mol. The van der Waals surface area contributed by atoms with Gasteiger partial charge >= 0.3 is 102 Å². The molecule has 3 heteroatoms. The predicted octanol–water partition coefficient (Wildman–Crippen LogP) is 4.69. The summed E-state index contributed by atoms with van der Waals surface area (Å²) in [5, 5.41) is 0. The first-order valence-electron chi connectivity index (χ1n) is 4.93. The monoisotopic (exact) mass is 274 g/mol. The Morgan fingerprint density at radius 3 is 2.67 bits per heavy atom. The summed E-state index contributed by atoms with van der Waals surface area (Å²) in [7, 11) is 13.2.